The maximum Gasteiger partial charge on any atom is 0.352 e. The van der Waals surface area contributed by atoms with Gasteiger partial charge >= 0.3 is 11.9 Å². The molecule has 27 heavy (non-hydrogen) atoms. The van der Waals surface area contributed by atoms with Crippen molar-refractivity contribution < 1.29 is 23.9 Å². The number of nitrogens with one attached hydrogen (secondary N) is 1. The van der Waals surface area contributed by atoms with Crippen LogP contribution in [0.3, 0.4) is 0 Å². The molecule has 0 spiro atoms. The molecule has 0 aliphatic heterocycles. The zero-order valence-electron chi connectivity index (χ0n) is 15.4. The lowest BCUT2D eigenvalue weighted by Crippen LogP contribution is -2.43. The van der Waals surface area contributed by atoms with Gasteiger partial charge in [-0.1, -0.05) is 60.7 Å². The highest BCUT2D eigenvalue weighted by molar-refractivity contribution is 5.86. The highest BCUT2D eigenvalue weighted by atomic mass is 16.6. The molecule has 0 radical (unpaired) electrons. The number of carbonyl (C=O) groups is 3. The summed E-state index contributed by atoms with van der Waals surface area (Å²) in [7, 11) is 0. The summed E-state index contributed by atoms with van der Waals surface area (Å²) >= 11 is 0. The highest BCUT2D eigenvalue weighted by Crippen LogP contribution is 2.20. The third-order valence-corrected chi connectivity index (χ3v) is 3.78. The molecule has 0 saturated heterocycles. The van der Waals surface area contributed by atoms with E-state index < -0.39 is 24.1 Å². The zero-order chi connectivity index (χ0) is 19.6. The van der Waals surface area contributed by atoms with Gasteiger partial charge in [0.1, 0.15) is 6.04 Å². The summed E-state index contributed by atoms with van der Waals surface area (Å²) in [5.41, 5.74) is 1.37. The van der Waals surface area contributed by atoms with Crippen LogP contribution in [0.1, 0.15) is 31.1 Å². The summed E-state index contributed by atoms with van der Waals surface area (Å²) in [5.74, 6) is -1.71. The SMILES string of the molecule is CCOC(=O)[C@@H](OC(=O)[C@@H](Cc1ccccc1)NC(C)=O)c1ccccc1. The first-order chi connectivity index (χ1) is 13.0. The standard InChI is InChI=1S/C21H23NO5/c1-3-26-21(25)19(17-12-8-5-9-13-17)27-20(24)18(22-15(2)23)14-16-10-6-4-7-11-16/h4-13,18-19H,3,14H2,1-2H3,(H,22,23)/t18-,19+/m1/s1. The molecule has 2 aromatic carbocycles. The van der Waals surface area contributed by atoms with Gasteiger partial charge in [-0.2, -0.15) is 0 Å². The largest absolute Gasteiger partial charge is 0.463 e. The van der Waals surface area contributed by atoms with Crippen LogP contribution in [-0.2, 0) is 30.3 Å². The monoisotopic (exact) mass is 369 g/mol. The number of hydrogen-bond acceptors (Lipinski definition) is 5. The lowest BCUT2D eigenvalue weighted by Gasteiger charge is -2.21. The summed E-state index contributed by atoms with van der Waals surface area (Å²) in [6.45, 7) is 3.17. The summed E-state index contributed by atoms with van der Waals surface area (Å²) in [5, 5.41) is 2.59. The zero-order valence-corrected chi connectivity index (χ0v) is 15.4. The van der Waals surface area contributed by atoms with Crippen LogP contribution in [-0.4, -0.2) is 30.5 Å². The van der Waals surface area contributed by atoms with Crippen molar-refractivity contribution >= 4 is 17.8 Å². The molecule has 0 bridgehead atoms. The van der Waals surface area contributed by atoms with Gasteiger partial charge in [-0.15, -0.1) is 0 Å². The summed E-state index contributed by atoms with van der Waals surface area (Å²) in [4.78, 5) is 36.6. The van der Waals surface area contributed by atoms with Gasteiger partial charge in [0.25, 0.3) is 0 Å². The van der Waals surface area contributed by atoms with Crippen LogP contribution in [0.25, 0.3) is 0 Å². The number of amides is 1. The second-order valence-corrected chi connectivity index (χ2v) is 5.92. The number of esters is 2. The number of carbonyl (C=O) groups excluding carboxylic acids is 3. The van der Waals surface area contributed by atoms with Crippen LogP contribution in [0, 0.1) is 0 Å². The Labute approximate surface area is 158 Å². The Bertz CT molecular complexity index is 761. The molecule has 0 fully saturated rings. The van der Waals surface area contributed by atoms with E-state index in [-0.39, 0.29) is 18.9 Å². The van der Waals surface area contributed by atoms with Gasteiger partial charge in [-0.05, 0) is 12.5 Å². The minimum absolute atomic E-state index is 0.166. The molecule has 0 aliphatic rings. The van der Waals surface area contributed by atoms with E-state index in [1.807, 2.05) is 30.3 Å². The maximum atomic E-state index is 12.7. The molecule has 2 atom stereocenters. The van der Waals surface area contributed by atoms with Crippen molar-refractivity contribution in [2.24, 2.45) is 0 Å². The molecule has 142 valence electrons. The van der Waals surface area contributed by atoms with Crippen molar-refractivity contribution in [1.29, 1.82) is 0 Å². The Morgan fingerprint density at radius 2 is 1.52 bits per heavy atom. The molecular formula is C21H23NO5. The second-order valence-electron chi connectivity index (χ2n) is 5.92. The van der Waals surface area contributed by atoms with Crippen molar-refractivity contribution in [1.82, 2.24) is 5.32 Å². The van der Waals surface area contributed by atoms with Crippen LogP contribution in [0.15, 0.2) is 60.7 Å². The average molecular weight is 369 g/mol. The molecule has 0 saturated carbocycles. The fraction of sp³-hybridized carbons (Fsp3) is 0.286. The molecule has 0 aromatic heterocycles. The molecule has 2 rings (SSSR count). The number of rotatable bonds is 8. The second kappa shape index (κ2) is 10.1. The van der Waals surface area contributed by atoms with E-state index in [0.717, 1.165) is 5.56 Å². The van der Waals surface area contributed by atoms with Crippen LogP contribution in [0.2, 0.25) is 0 Å². The first kappa shape index (κ1) is 20.2. The minimum Gasteiger partial charge on any atom is -0.463 e. The molecule has 0 heterocycles. The van der Waals surface area contributed by atoms with Gasteiger partial charge in [0.05, 0.1) is 6.61 Å². The van der Waals surface area contributed by atoms with E-state index in [4.69, 9.17) is 9.47 Å². The molecule has 2 aromatic rings. The van der Waals surface area contributed by atoms with E-state index in [0.29, 0.717) is 5.56 Å². The van der Waals surface area contributed by atoms with E-state index in [1.54, 1.807) is 37.3 Å². The van der Waals surface area contributed by atoms with E-state index in [2.05, 4.69) is 5.32 Å². The maximum absolute atomic E-state index is 12.7. The molecular weight excluding hydrogens is 346 g/mol. The summed E-state index contributed by atoms with van der Waals surface area (Å²) < 4.78 is 10.5. The van der Waals surface area contributed by atoms with Gasteiger partial charge in [0, 0.05) is 18.9 Å². The van der Waals surface area contributed by atoms with Crippen LogP contribution < -0.4 is 5.32 Å². The van der Waals surface area contributed by atoms with E-state index in [9.17, 15) is 14.4 Å². The smallest absolute Gasteiger partial charge is 0.352 e. The Hall–Kier alpha value is -3.15. The quantitative estimate of drug-likeness (QED) is 0.723. The van der Waals surface area contributed by atoms with Gasteiger partial charge in [-0.3, -0.25) is 4.79 Å². The Morgan fingerprint density at radius 1 is 0.926 bits per heavy atom. The van der Waals surface area contributed by atoms with Crippen molar-refractivity contribution in [3.8, 4) is 0 Å². The van der Waals surface area contributed by atoms with Crippen molar-refractivity contribution in [3.05, 3.63) is 71.8 Å². The van der Waals surface area contributed by atoms with Crippen LogP contribution in [0.5, 0.6) is 0 Å². The predicted octanol–water partition coefficient (Wildman–Crippen LogP) is 2.58. The molecule has 0 aliphatic carbocycles. The third kappa shape index (κ3) is 6.26. The summed E-state index contributed by atoms with van der Waals surface area (Å²) in [6.07, 6.45) is -0.936. The Balaban J connectivity index is 2.20. The van der Waals surface area contributed by atoms with Crippen LogP contribution >= 0.6 is 0 Å². The van der Waals surface area contributed by atoms with E-state index >= 15 is 0 Å². The lowest BCUT2D eigenvalue weighted by molar-refractivity contribution is -0.169. The highest BCUT2D eigenvalue weighted by Gasteiger charge is 2.30. The average Bonchev–Trinajstić information content (AvgIpc) is 2.66. The van der Waals surface area contributed by atoms with Gasteiger partial charge in [0.15, 0.2) is 0 Å². The molecule has 6 heteroatoms. The third-order valence-electron chi connectivity index (χ3n) is 3.78. The predicted molar refractivity (Wildman–Crippen MR) is 99.7 cm³/mol. The van der Waals surface area contributed by atoms with E-state index in [1.165, 1.54) is 6.92 Å². The first-order valence-corrected chi connectivity index (χ1v) is 8.74. The van der Waals surface area contributed by atoms with Gasteiger partial charge < -0.3 is 14.8 Å². The fourth-order valence-corrected chi connectivity index (χ4v) is 2.58. The number of hydrogen-bond donors (Lipinski definition) is 1. The van der Waals surface area contributed by atoms with Crippen molar-refractivity contribution in [2.45, 2.75) is 32.4 Å². The first-order valence-electron chi connectivity index (χ1n) is 8.74. The number of ether oxygens (including phenoxy) is 2. The molecule has 0 unspecified atom stereocenters. The lowest BCUT2D eigenvalue weighted by atomic mass is 10.1. The Kier molecular flexibility index (Phi) is 7.55. The summed E-state index contributed by atoms with van der Waals surface area (Å²) in [6, 6.07) is 17.0. The molecule has 1 N–H and O–H groups in total. The van der Waals surface area contributed by atoms with Crippen molar-refractivity contribution in [2.75, 3.05) is 6.61 Å². The van der Waals surface area contributed by atoms with Gasteiger partial charge in [0.2, 0.25) is 12.0 Å². The number of benzene rings is 2. The minimum atomic E-state index is -1.19. The topological polar surface area (TPSA) is 81.7 Å². The van der Waals surface area contributed by atoms with Crippen molar-refractivity contribution in [3.63, 3.8) is 0 Å². The Morgan fingerprint density at radius 3 is 2.07 bits per heavy atom. The fourth-order valence-electron chi connectivity index (χ4n) is 2.58. The normalized spacial score (nSPS) is 12.5. The van der Waals surface area contributed by atoms with Crippen LogP contribution in [0.4, 0.5) is 0 Å². The molecule has 6 nitrogen and oxygen atoms in total. The molecule has 1 amide bonds. The van der Waals surface area contributed by atoms with Gasteiger partial charge in [-0.25, -0.2) is 9.59 Å².